The van der Waals surface area contributed by atoms with E-state index in [1.54, 1.807) is 19.1 Å². The number of carbonyl (C=O) groups excluding carboxylic acids is 1. The standard InChI is InChI=1S/C15H20N2O4/c1-9-4-3-5-12(14(18)19)13(9)17-15(20)16-11-6-7-21-10(2)8-11/h3-5,10-11H,6-8H2,1-2H3,(H,18,19)(H2,16,17,20). The second-order valence-corrected chi connectivity index (χ2v) is 5.30. The number of carbonyl (C=O) groups is 2. The van der Waals surface area contributed by atoms with Crippen LogP contribution in [0, 0.1) is 6.92 Å². The van der Waals surface area contributed by atoms with E-state index in [-0.39, 0.29) is 23.7 Å². The van der Waals surface area contributed by atoms with Gasteiger partial charge in [-0.1, -0.05) is 12.1 Å². The van der Waals surface area contributed by atoms with Crippen molar-refractivity contribution in [2.75, 3.05) is 11.9 Å². The Morgan fingerprint density at radius 3 is 2.81 bits per heavy atom. The number of hydrogen-bond acceptors (Lipinski definition) is 3. The van der Waals surface area contributed by atoms with Crippen molar-refractivity contribution in [3.8, 4) is 0 Å². The monoisotopic (exact) mass is 292 g/mol. The SMILES string of the molecule is Cc1cccc(C(=O)O)c1NC(=O)NC1CCOC(C)C1. The lowest BCUT2D eigenvalue weighted by molar-refractivity contribution is 0.0157. The molecular formula is C15H20N2O4. The Hall–Kier alpha value is -2.08. The summed E-state index contributed by atoms with van der Waals surface area (Å²) in [5, 5.41) is 14.7. The van der Waals surface area contributed by atoms with Crippen molar-refractivity contribution in [1.82, 2.24) is 5.32 Å². The molecule has 1 aliphatic heterocycles. The minimum atomic E-state index is -1.06. The van der Waals surface area contributed by atoms with Crippen LogP contribution in [0.15, 0.2) is 18.2 Å². The van der Waals surface area contributed by atoms with Gasteiger partial charge in [-0.3, -0.25) is 0 Å². The van der Waals surface area contributed by atoms with Crippen molar-refractivity contribution < 1.29 is 19.4 Å². The van der Waals surface area contributed by atoms with Gasteiger partial charge in [0.1, 0.15) is 0 Å². The molecule has 114 valence electrons. The van der Waals surface area contributed by atoms with E-state index in [9.17, 15) is 14.7 Å². The van der Waals surface area contributed by atoms with Crippen molar-refractivity contribution in [2.45, 2.75) is 38.8 Å². The van der Waals surface area contributed by atoms with Crippen LogP contribution in [0.4, 0.5) is 10.5 Å². The molecule has 1 saturated heterocycles. The Labute approximate surface area is 123 Å². The smallest absolute Gasteiger partial charge is 0.337 e. The summed E-state index contributed by atoms with van der Waals surface area (Å²) in [6.07, 6.45) is 1.64. The number of anilines is 1. The summed E-state index contributed by atoms with van der Waals surface area (Å²) < 4.78 is 5.43. The van der Waals surface area contributed by atoms with E-state index in [0.717, 1.165) is 12.8 Å². The summed E-state index contributed by atoms with van der Waals surface area (Å²) in [6, 6.07) is 4.55. The highest BCUT2D eigenvalue weighted by Gasteiger charge is 2.22. The number of benzene rings is 1. The van der Waals surface area contributed by atoms with E-state index < -0.39 is 5.97 Å². The van der Waals surface area contributed by atoms with Crippen LogP contribution < -0.4 is 10.6 Å². The summed E-state index contributed by atoms with van der Waals surface area (Å²) in [4.78, 5) is 23.3. The Morgan fingerprint density at radius 2 is 2.14 bits per heavy atom. The first kappa shape index (κ1) is 15.3. The lowest BCUT2D eigenvalue weighted by atomic mass is 10.0. The van der Waals surface area contributed by atoms with Gasteiger partial charge in [-0.2, -0.15) is 0 Å². The number of carboxylic acid groups (broad SMARTS) is 1. The molecule has 1 heterocycles. The van der Waals surface area contributed by atoms with Crippen LogP contribution in [0.3, 0.4) is 0 Å². The van der Waals surface area contributed by atoms with E-state index in [0.29, 0.717) is 17.9 Å². The number of amides is 2. The second kappa shape index (κ2) is 6.58. The molecule has 2 unspecified atom stereocenters. The molecule has 0 bridgehead atoms. The van der Waals surface area contributed by atoms with E-state index in [4.69, 9.17) is 4.74 Å². The molecule has 1 aromatic carbocycles. The number of ether oxygens (including phenoxy) is 1. The third-order valence-corrected chi connectivity index (χ3v) is 3.56. The number of aromatic carboxylic acids is 1. The quantitative estimate of drug-likeness (QED) is 0.798. The fourth-order valence-electron chi connectivity index (χ4n) is 2.48. The number of urea groups is 1. The van der Waals surface area contributed by atoms with Crippen molar-refractivity contribution in [2.24, 2.45) is 0 Å². The van der Waals surface area contributed by atoms with Gasteiger partial charge in [-0.25, -0.2) is 9.59 Å². The molecule has 1 aromatic rings. The van der Waals surface area contributed by atoms with Gasteiger partial charge in [0, 0.05) is 12.6 Å². The maximum absolute atomic E-state index is 12.1. The summed E-state index contributed by atoms with van der Waals surface area (Å²) >= 11 is 0. The lowest BCUT2D eigenvalue weighted by Gasteiger charge is -2.28. The summed E-state index contributed by atoms with van der Waals surface area (Å²) in [6.45, 7) is 4.35. The molecule has 1 fully saturated rings. The van der Waals surface area contributed by atoms with Crippen LogP contribution in [0.2, 0.25) is 0 Å². The zero-order chi connectivity index (χ0) is 15.4. The van der Waals surface area contributed by atoms with Crippen molar-refractivity contribution in [1.29, 1.82) is 0 Å². The van der Waals surface area contributed by atoms with Gasteiger partial charge in [0.15, 0.2) is 0 Å². The van der Waals surface area contributed by atoms with Gasteiger partial charge in [-0.05, 0) is 38.3 Å². The van der Waals surface area contributed by atoms with E-state index in [1.165, 1.54) is 6.07 Å². The summed E-state index contributed by atoms with van der Waals surface area (Å²) in [7, 11) is 0. The maximum Gasteiger partial charge on any atom is 0.337 e. The molecule has 2 atom stereocenters. The predicted molar refractivity (Wildman–Crippen MR) is 78.7 cm³/mol. The fourth-order valence-corrected chi connectivity index (χ4v) is 2.48. The van der Waals surface area contributed by atoms with Crippen molar-refractivity contribution >= 4 is 17.7 Å². The van der Waals surface area contributed by atoms with Crippen LogP contribution in [-0.4, -0.2) is 35.9 Å². The van der Waals surface area contributed by atoms with Crippen LogP contribution in [-0.2, 0) is 4.74 Å². The Bertz CT molecular complexity index is 544. The number of nitrogens with one attached hydrogen (secondary N) is 2. The summed E-state index contributed by atoms with van der Waals surface area (Å²) in [5.74, 6) is -1.06. The van der Waals surface area contributed by atoms with Crippen LogP contribution in [0.5, 0.6) is 0 Å². The molecule has 0 spiro atoms. The van der Waals surface area contributed by atoms with Crippen molar-refractivity contribution in [3.63, 3.8) is 0 Å². The topological polar surface area (TPSA) is 87.7 Å². The van der Waals surface area contributed by atoms with E-state index in [1.807, 2.05) is 6.92 Å². The van der Waals surface area contributed by atoms with Crippen LogP contribution in [0.1, 0.15) is 35.7 Å². The zero-order valence-corrected chi connectivity index (χ0v) is 12.2. The van der Waals surface area contributed by atoms with E-state index in [2.05, 4.69) is 10.6 Å². The minimum absolute atomic E-state index is 0.0473. The molecule has 6 heteroatoms. The highest BCUT2D eigenvalue weighted by molar-refractivity contribution is 6.01. The van der Waals surface area contributed by atoms with Crippen LogP contribution >= 0.6 is 0 Å². The average Bonchev–Trinajstić information content (AvgIpc) is 2.40. The lowest BCUT2D eigenvalue weighted by Crippen LogP contribution is -2.43. The molecule has 0 aliphatic carbocycles. The maximum atomic E-state index is 12.1. The molecule has 0 radical (unpaired) electrons. The minimum Gasteiger partial charge on any atom is -0.478 e. The predicted octanol–water partition coefficient (Wildman–Crippen LogP) is 2.38. The van der Waals surface area contributed by atoms with Gasteiger partial charge in [0.2, 0.25) is 0 Å². The third kappa shape index (κ3) is 3.95. The van der Waals surface area contributed by atoms with Crippen LogP contribution in [0.25, 0.3) is 0 Å². The molecular weight excluding hydrogens is 272 g/mol. The van der Waals surface area contributed by atoms with Crippen molar-refractivity contribution in [3.05, 3.63) is 29.3 Å². The molecule has 0 saturated carbocycles. The normalized spacial score (nSPS) is 21.6. The first-order valence-electron chi connectivity index (χ1n) is 6.99. The fraction of sp³-hybridized carbons (Fsp3) is 0.467. The first-order valence-corrected chi connectivity index (χ1v) is 6.99. The van der Waals surface area contributed by atoms with Gasteiger partial charge in [-0.15, -0.1) is 0 Å². The third-order valence-electron chi connectivity index (χ3n) is 3.56. The second-order valence-electron chi connectivity index (χ2n) is 5.30. The molecule has 1 aliphatic rings. The highest BCUT2D eigenvalue weighted by atomic mass is 16.5. The molecule has 2 amide bonds. The highest BCUT2D eigenvalue weighted by Crippen LogP contribution is 2.21. The number of rotatable bonds is 3. The molecule has 2 rings (SSSR count). The number of hydrogen-bond donors (Lipinski definition) is 3. The Morgan fingerprint density at radius 1 is 1.38 bits per heavy atom. The van der Waals surface area contributed by atoms with Gasteiger partial charge < -0.3 is 20.5 Å². The Kier molecular flexibility index (Phi) is 4.80. The van der Waals surface area contributed by atoms with Gasteiger partial charge in [0.25, 0.3) is 0 Å². The number of aryl methyl sites for hydroxylation is 1. The molecule has 0 aromatic heterocycles. The largest absolute Gasteiger partial charge is 0.478 e. The number of para-hydroxylation sites is 1. The molecule has 21 heavy (non-hydrogen) atoms. The number of carboxylic acids is 1. The zero-order valence-electron chi connectivity index (χ0n) is 12.2. The molecule has 3 N–H and O–H groups in total. The summed E-state index contributed by atoms with van der Waals surface area (Å²) in [5.41, 5.74) is 1.14. The van der Waals surface area contributed by atoms with Gasteiger partial charge >= 0.3 is 12.0 Å². The van der Waals surface area contributed by atoms with Gasteiger partial charge in [0.05, 0.1) is 17.4 Å². The molecule has 6 nitrogen and oxygen atoms in total. The average molecular weight is 292 g/mol. The Balaban J connectivity index is 2.04. The first-order chi connectivity index (χ1) is 9.97. The van der Waals surface area contributed by atoms with E-state index >= 15 is 0 Å².